The minimum absolute atomic E-state index is 0.239. The summed E-state index contributed by atoms with van der Waals surface area (Å²) in [5.74, 6) is 0.909. The Labute approximate surface area is 98.9 Å². The third kappa shape index (κ3) is 9.99. The average molecular weight is 231 g/mol. The summed E-state index contributed by atoms with van der Waals surface area (Å²) in [6.07, 6.45) is 12.0. The van der Waals surface area contributed by atoms with E-state index < -0.39 is 0 Å². The summed E-state index contributed by atoms with van der Waals surface area (Å²) in [6.45, 7) is 3.69. The first-order valence-corrected chi connectivity index (χ1v) is 6.50. The third-order valence-corrected chi connectivity index (χ3v) is 2.90. The van der Waals surface area contributed by atoms with E-state index in [4.69, 9.17) is 11.6 Å². The van der Waals surface area contributed by atoms with Crippen molar-refractivity contribution in [1.29, 1.82) is 0 Å². The lowest BCUT2D eigenvalue weighted by atomic mass is 9.97. The van der Waals surface area contributed by atoms with Gasteiger partial charge in [-0.05, 0) is 32.1 Å². The van der Waals surface area contributed by atoms with Gasteiger partial charge in [0.05, 0.1) is 0 Å². The molecule has 0 spiro atoms. The standard InChI is InChI=1S/C13H23ClO/c1-2-3-4-5-6-7-9-13(12-15)10-8-11-14/h2,12-13H,1,3-11H2. The summed E-state index contributed by atoms with van der Waals surface area (Å²) in [5.41, 5.74) is 0. The molecule has 1 atom stereocenters. The highest BCUT2D eigenvalue weighted by molar-refractivity contribution is 6.17. The number of carbonyl (C=O) groups is 1. The number of unbranched alkanes of at least 4 members (excludes halogenated alkanes) is 4. The molecule has 88 valence electrons. The fraction of sp³-hybridized carbons (Fsp3) is 0.769. The van der Waals surface area contributed by atoms with Gasteiger partial charge in [-0.1, -0.05) is 25.3 Å². The molecule has 0 radical (unpaired) electrons. The van der Waals surface area contributed by atoms with Crippen LogP contribution in [0.4, 0.5) is 0 Å². The van der Waals surface area contributed by atoms with E-state index in [0.717, 1.165) is 32.0 Å². The lowest BCUT2D eigenvalue weighted by Crippen LogP contribution is -2.02. The van der Waals surface area contributed by atoms with Crippen LogP contribution in [-0.2, 0) is 4.79 Å². The maximum absolute atomic E-state index is 10.7. The molecular formula is C13H23ClO. The summed E-state index contributed by atoms with van der Waals surface area (Å²) in [7, 11) is 0. The molecule has 0 saturated carbocycles. The van der Waals surface area contributed by atoms with E-state index in [1.54, 1.807) is 0 Å². The number of hydrogen-bond acceptors (Lipinski definition) is 1. The molecule has 0 N–H and O–H groups in total. The van der Waals surface area contributed by atoms with E-state index in [2.05, 4.69) is 6.58 Å². The second-order valence-electron chi connectivity index (χ2n) is 4.01. The number of rotatable bonds is 11. The van der Waals surface area contributed by atoms with Crippen molar-refractivity contribution in [3.8, 4) is 0 Å². The van der Waals surface area contributed by atoms with Crippen molar-refractivity contribution in [2.45, 2.75) is 51.4 Å². The Morgan fingerprint density at radius 3 is 2.33 bits per heavy atom. The van der Waals surface area contributed by atoms with Crippen molar-refractivity contribution in [3.63, 3.8) is 0 Å². The molecule has 0 amide bonds. The van der Waals surface area contributed by atoms with Crippen LogP contribution in [0, 0.1) is 5.92 Å². The minimum atomic E-state index is 0.239. The zero-order chi connectivity index (χ0) is 11.4. The van der Waals surface area contributed by atoms with Gasteiger partial charge in [0.2, 0.25) is 0 Å². The molecule has 0 aliphatic heterocycles. The number of aldehydes is 1. The van der Waals surface area contributed by atoms with Crippen LogP contribution in [0.5, 0.6) is 0 Å². The van der Waals surface area contributed by atoms with Crippen LogP contribution in [0.15, 0.2) is 12.7 Å². The summed E-state index contributed by atoms with van der Waals surface area (Å²) >= 11 is 5.60. The molecule has 0 rings (SSSR count). The Balaban J connectivity index is 3.29. The van der Waals surface area contributed by atoms with Crippen LogP contribution in [0.2, 0.25) is 0 Å². The van der Waals surface area contributed by atoms with Crippen LogP contribution in [0.25, 0.3) is 0 Å². The number of allylic oxidation sites excluding steroid dienone is 1. The van der Waals surface area contributed by atoms with E-state index in [1.165, 1.54) is 25.7 Å². The molecule has 0 aliphatic carbocycles. The normalized spacial score (nSPS) is 12.3. The Morgan fingerprint density at radius 1 is 1.07 bits per heavy atom. The summed E-state index contributed by atoms with van der Waals surface area (Å²) in [4.78, 5) is 10.7. The van der Waals surface area contributed by atoms with Crippen molar-refractivity contribution in [1.82, 2.24) is 0 Å². The van der Waals surface area contributed by atoms with Crippen LogP contribution >= 0.6 is 11.6 Å². The van der Waals surface area contributed by atoms with Gasteiger partial charge in [-0.25, -0.2) is 0 Å². The first-order chi connectivity index (χ1) is 7.35. The van der Waals surface area contributed by atoms with Crippen LogP contribution in [0.1, 0.15) is 51.4 Å². The second-order valence-corrected chi connectivity index (χ2v) is 4.39. The fourth-order valence-electron chi connectivity index (χ4n) is 1.67. The number of hydrogen-bond donors (Lipinski definition) is 0. The van der Waals surface area contributed by atoms with Gasteiger partial charge in [0.15, 0.2) is 0 Å². The molecule has 0 saturated heterocycles. The minimum Gasteiger partial charge on any atom is -0.303 e. The predicted octanol–water partition coefficient (Wildman–Crippen LogP) is 4.35. The first-order valence-electron chi connectivity index (χ1n) is 5.97. The van der Waals surface area contributed by atoms with Crippen molar-refractivity contribution in [3.05, 3.63) is 12.7 Å². The zero-order valence-electron chi connectivity index (χ0n) is 9.59. The summed E-state index contributed by atoms with van der Waals surface area (Å²) < 4.78 is 0. The number of carbonyl (C=O) groups excluding carboxylic acids is 1. The number of alkyl halides is 1. The molecule has 0 heterocycles. The molecule has 2 heteroatoms. The highest BCUT2D eigenvalue weighted by Gasteiger charge is 2.05. The zero-order valence-corrected chi connectivity index (χ0v) is 10.3. The smallest absolute Gasteiger partial charge is 0.123 e. The van der Waals surface area contributed by atoms with Gasteiger partial charge in [0.1, 0.15) is 6.29 Å². The molecule has 0 aromatic rings. The topological polar surface area (TPSA) is 17.1 Å². The van der Waals surface area contributed by atoms with Gasteiger partial charge in [-0.2, -0.15) is 0 Å². The Bertz CT molecular complexity index is 157. The van der Waals surface area contributed by atoms with Crippen LogP contribution in [0.3, 0.4) is 0 Å². The van der Waals surface area contributed by atoms with Crippen LogP contribution < -0.4 is 0 Å². The van der Waals surface area contributed by atoms with E-state index >= 15 is 0 Å². The lowest BCUT2D eigenvalue weighted by Gasteiger charge is -2.08. The Morgan fingerprint density at radius 2 is 1.73 bits per heavy atom. The van der Waals surface area contributed by atoms with Gasteiger partial charge in [0, 0.05) is 11.8 Å². The predicted molar refractivity (Wildman–Crippen MR) is 67.4 cm³/mol. The summed E-state index contributed by atoms with van der Waals surface area (Å²) in [6, 6.07) is 0. The quantitative estimate of drug-likeness (QED) is 0.223. The highest BCUT2D eigenvalue weighted by Crippen LogP contribution is 2.15. The van der Waals surface area contributed by atoms with Gasteiger partial charge < -0.3 is 4.79 Å². The molecule has 1 nitrogen and oxygen atoms in total. The monoisotopic (exact) mass is 230 g/mol. The second kappa shape index (κ2) is 11.8. The van der Waals surface area contributed by atoms with E-state index in [0.29, 0.717) is 5.88 Å². The van der Waals surface area contributed by atoms with E-state index in [9.17, 15) is 4.79 Å². The van der Waals surface area contributed by atoms with Gasteiger partial charge in [0.25, 0.3) is 0 Å². The first kappa shape index (κ1) is 14.7. The highest BCUT2D eigenvalue weighted by atomic mass is 35.5. The van der Waals surface area contributed by atoms with E-state index in [1.807, 2.05) is 6.08 Å². The molecular weight excluding hydrogens is 208 g/mol. The van der Waals surface area contributed by atoms with Gasteiger partial charge in [-0.3, -0.25) is 0 Å². The van der Waals surface area contributed by atoms with Crippen molar-refractivity contribution < 1.29 is 4.79 Å². The maximum atomic E-state index is 10.7. The Hall–Kier alpha value is -0.300. The number of halogens is 1. The van der Waals surface area contributed by atoms with Crippen LogP contribution in [-0.4, -0.2) is 12.2 Å². The molecule has 0 aromatic carbocycles. The molecule has 15 heavy (non-hydrogen) atoms. The molecule has 0 fully saturated rings. The van der Waals surface area contributed by atoms with Crippen molar-refractivity contribution in [2.24, 2.45) is 5.92 Å². The molecule has 0 bridgehead atoms. The van der Waals surface area contributed by atoms with E-state index in [-0.39, 0.29) is 5.92 Å². The fourth-order valence-corrected chi connectivity index (χ4v) is 1.82. The largest absolute Gasteiger partial charge is 0.303 e. The maximum Gasteiger partial charge on any atom is 0.123 e. The molecule has 0 aliphatic rings. The van der Waals surface area contributed by atoms with Gasteiger partial charge >= 0.3 is 0 Å². The third-order valence-electron chi connectivity index (χ3n) is 2.63. The average Bonchev–Trinajstić information content (AvgIpc) is 2.27. The SMILES string of the molecule is C=CCCCCCCC(C=O)CCCCl. The van der Waals surface area contributed by atoms with Crippen molar-refractivity contribution in [2.75, 3.05) is 5.88 Å². The van der Waals surface area contributed by atoms with Crippen molar-refractivity contribution >= 4 is 17.9 Å². The Kier molecular flexibility index (Phi) is 11.5. The lowest BCUT2D eigenvalue weighted by molar-refractivity contribution is -0.111. The summed E-state index contributed by atoms with van der Waals surface area (Å²) in [5, 5.41) is 0. The molecule has 0 aromatic heterocycles. The van der Waals surface area contributed by atoms with Gasteiger partial charge in [-0.15, -0.1) is 18.2 Å². The molecule has 1 unspecified atom stereocenters.